The van der Waals surface area contributed by atoms with Crippen molar-refractivity contribution in [2.75, 3.05) is 37.8 Å². The van der Waals surface area contributed by atoms with Crippen molar-refractivity contribution in [2.45, 2.75) is 63.8 Å². The van der Waals surface area contributed by atoms with Gasteiger partial charge >= 0.3 is 23.5 Å². The van der Waals surface area contributed by atoms with E-state index in [1.165, 1.54) is 13.8 Å². The van der Waals surface area contributed by atoms with Gasteiger partial charge in [0.25, 0.3) is 0 Å². The summed E-state index contributed by atoms with van der Waals surface area (Å²) in [5.74, 6) is -1.35. The Balaban J connectivity index is 0.901. The van der Waals surface area contributed by atoms with Crippen LogP contribution in [0.1, 0.15) is 44.9 Å². The van der Waals surface area contributed by atoms with E-state index in [9.17, 15) is 57.9 Å². The fourth-order valence-electron chi connectivity index (χ4n) is 6.47. The molecule has 1 aliphatic heterocycles. The number of nitrogens with zero attached hydrogens (tertiary/aromatic N) is 5. The molecule has 2 aromatic carbocycles. The molecule has 0 bridgehead atoms. The number of thioether (sulfide) groups is 1. The number of anilines is 1. The average molecular weight is 1050 g/mol. The highest BCUT2D eigenvalue weighted by Gasteiger charge is 2.50. The summed E-state index contributed by atoms with van der Waals surface area (Å²) in [6.07, 6.45) is -7.05. The highest BCUT2D eigenvalue weighted by Crippen LogP contribution is 2.61. The first kappa shape index (κ1) is 53.1. The van der Waals surface area contributed by atoms with E-state index in [4.69, 9.17) is 35.5 Å². The Bertz CT molecular complexity index is 2780. The smallest absolute Gasteiger partial charge is 0.436 e. The Morgan fingerprint density at radius 1 is 1.00 bits per heavy atom. The number of nitrogens with two attached hydrogens (primary N) is 1. The number of ether oxygens (including phenoxy) is 1. The molecule has 3 aromatic heterocycles. The van der Waals surface area contributed by atoms with Crippen LogP contribution in [0.5, 0.6) is 0 Å². The molecule has 0 spiro atoms. The maximum atomic E-state index is 12.9. The molecular weight excluding hydrogens is 1000 g/mol. The van der Waals surface area contributed by atoms with Crippen LogP contribution in [0.2, 0.25) is 5.02 Å². The number of nitrogen functional groups attached to an aromatic ring is 1. The van der Waals surface area contributed by atoms with Gasteiger partial charge in [-0.1, -0.05) is 50.2 Å². The van der Waals surface area contributed by atoms with E-state index in [0.29, 0.717) is 22.0 Å². The van der Waals surface area contributed by atoms with Crippen molar-refractivity contribution in [3.63, 3.8) is 0 Å². The van der Waals surface area contributed by atoms with Crippen molar-refractivity contribution in [1.82, 2.24) is 35.1 Å². The molecular formula is C37H46ClN8O18P3S. The van der Waals surface area contributed by atoms with E-state index >= 15 is 0 Å². The largest absolute Gasteiger partial charge is 0.481 e. The van der Waals surface area contributed by atoms with E-state index in [-0.39, 0.29) is 47.4 Å². The third-order valence-electron chi connectivity index (χ3n) is 10.1. The van der Waals surface area contributed by atoms with Crippen LogP contribution in [0.3, 0.4) is 0 Å². The van der Waals surface area contributed by atoms with Gasteiger partial charge in [0.05, 0.1) is 25.5 Å². The SMILES string of the molecule is CC(C(=O)SCCNC(=O)CCNC(=O)C(O)C(C)(C)COP(=O)(O)OP(=O)(O)OCC1OC(n2cnc3c(N)ncnc32)C(O)C1OP(=O)(O)O)c1ccc2oc(-c3ccc(Cl)cc3)nc2c1. The number of aromatic nitrogens is 5. The number of aliphatic hydroxyl groups is 2. The number of imidazole rings is 1. The van der Waals surface area contributed by atoms with Gasteiger partial charge in [0, 0.05) is 41.3 Å². The third-order valence-corrected chi connectivity index (χ3v) is 14.5. The molecule has 1 fully saturated rings. The van der Waals surface area contributed by atoms with Gasteiger partial charge in [-0.05, 0) is 42.0 Å². The van der Waals surface area contributed by atoms with Crippen LogP contribution >= 0.6 is 46.8 Å². The molecule has 1 aliphatic rings. The highest BCUT2D eigenvalue weighted by molar-refractivity contribution is 8.13. The maximum absolute atomic E-state index is 12.9. The summed E-state index contributed by atoms with van der Waals surface area (Å²) in [6, 6.07) is 12.3. The molecule has 0 saturated carbocycles. The molecule has 6 rings (SSSR count). The molecule has 4 heterocycles. The maximum Gasteiger partial charge on any atom is 0.481 e. The summed E-state index contributed by atoms with van der Waals surface area (Å²) >= 11 is 7.00. The lowest BCUT2D eigenvalue weighted by molar-refractivity contribution is -0.137. The topological polar surface area (TPSA) is 390 Å². The summed E-state index contributed by atoms with van der Waals surface area (Å²) in [5, 5.41) is 27.0. The first-order chi connectivity index (χ1) is 31.8. The van der Waals surface area contributed by atoms with Crippen LogP contribution in [0.25, 0.3) is 33.7 Å². The van der Waals surface area contributed by atoms with Crippen LogP contribution in [0.15, 0.2) is 59.5 Å². The summed E-state index contributed by atoms with van der Waals surface area (Å²) < 4.78 is 68.3. The number of carbonyl (C=O) groups excluding carboxylic acids is 3. The van der Waals surface area contributed by atoms with Gasteiger partial charge in [-0.3, -0.25) is 32.5 Å². The molecule has 8 unspecified atom stereocenters. The number of phosphoric acid groups is 3. The molecule has 370 valence electrons. The van der Waals surface area contributed by atoms with Crippen LogP contribution in [-0.2, 0) is 50.7 Å². The molecule has 68 heavy (non-hydrogen) atoms. The summed E-state index contributed by atoms with van der Waals surface area (Å²) in [5.41, 5.74) is 6.84. The number of nitrogens with one attached hydrogen (secondary N) is 2. The Kier molecular flexibility index (Phi) is 17.0. The zero-order chi connectivity index (χ0) is 49.8. The monoisotopic (exact) mass is 1050 g/mol. The standard InChI is InChI=1S/C37H46ClN8O18P3S/c1-19(21-6-9-24-23(14-21)45-34(61-24)20-4-7-22(38)8-5-20)36(51)68-13-12-40-26(47)10-11-41-33(50)30(49)37(2,3)16-60-67(57,58)64-66(55,56)59-15-25-29(63-65(52,53)54)28(48)35(62-25)46-18-44-27-31(39)42-17-43-32(27)46/h4-9,14,17-19,25,28-30,35,48-49H,10-13,15-16H2,1-3H3,(H,40,47)(H,41,50)(H,55,56)(H,57,58)(H2,39,42,43)(H2,52,53,54). The fourth-order valence-corrected chi connectivity index (χ4v) is 10.2. The number of hydrogen-bond donors (Lipinski definition) is 9. The highest BCUT2D eigenvalue weighted by atomic mass is 35.5. The quantitative estimate of drug-likeness (QED) is 0.0355. The number of phosphoric ester groups is 3. The zero-order valence-electron chi connectivity index (χ0n) is 35.9. The fraction of sp³-hybridized carbons (Fsp3) is 0.432. The van der Waals surface area contributed by atoms with E-state index < -0.39 is 90.5 Å². The average Bonchev–Trinajstić information content (AvgIpc) is 3.98. The number of fused-ring (bicyclic) bond motifs is 2. The van der Waals surface area contributed by atoms with Gasteiger partial charge in [0.2, 0.25) is 17.7 Å². The number of amides is 2. The van der Waals surface area contributed by atoms with E-state index in [2.05, 4.69) is 39.4 Å². The number of halogens is 1. The minimum absolute atomic E-state index is 0.0233. The number of oxazole rings is 1. The summed E-state index contributed by atoms with van der Waals surface area (Å²) in [6.45, 7) is 2.09. The van der Waals surface area contributed by atoms with Crippen LogP contribution in [0.4, 0.5) is 5.82 Å². The van der Waals surface area contributed by atoms with Crippen molar-refractivity contribution in [1.29, 1.82) is 0 Å². The van der Waals surface area contributed by atoms with Crippen molar-refractivity contribution in [2.24, 2.45) is 5.41 Å². The third kappa shape index (κ3) is 13.8. The van der Waals surface area contributed by atoms with Gasteiger partial charge < -0.3 is 55.3 Å². The minimum atomic E-state index is -5.60. The Hall–Kier alpha value is -4.24. The van der Waals surface area contributed by atoms with Gasteiger partial charge in [-0.2, -0.15) is 4.31 Å². The molecule has 8 atom stereocenters. The van der Waals surface area contributed by atoms with E-state index in [1.54, 1.807) is 49.4 Å². The molecule has 5 aromatic rings. The van der Waals surface area contributed by atoms with Crippen molar-refractivity contribution in [3.05, 3.63) is 65.7 Å². The number of carbonyl (C=O) groups is 3. The molecule has 10 N–H and O–H groups in total. The molecule has 26 nitrogen and oxygen atoms in total. The lowest BCUT2D eigenvalue weighted by Crippen LogP contribution is -2.46. The van der Waals surface area contributed by atoms with Gasteiger partial charge in [-0.25, -0.2) is 33.6 Å². The Morgan fingerprint density at radius 3 is 2.41 bits per heavy atom. The summed E-state index contributed by atoms with van der Waals surface area (Å²) in [7, 11) is -16.5. The Morgan fingerprint density at radius 2 is 1.71 bits per heavy atom. The molecule has 31 heteroatoms. The molecule has 0 aliphatic carbocycles. The van der Waals surface area contributed by atoms with Crippen molar-refractivity contribution in [3.8, 4) is 11.5 Å². The van der Waals surface area contributed by atoms with Crippen LogP contribution in [0, 0.1) is 5.41 Å². The second kappa shape index (κ2) is 21.8. The minimum Gasteiger partial charge on any atom is -0.436 e. The lowest BCUT2D eigenvalue weighted by Gasteiger charge is -2.30. The van der Waals surface area contributed by atoms with E-state index in [0.717, 1.165) is 40.1 Å². The second-order valence-corrected chi connectivity index (χ2v) is 21.5. The van der Waals surface area contributed by atoms with Crippen LogP contribution < -0.4 is 16.4 Å². The van der Waals surface area contributed by atoms with Gasteiger partial charge in [0.1, 0.15) is 41.8 Å². The number of aliphatic hydroxyl groups excluding tert-OH is 2. The molecule has 2 amide bonds. The first-order valence-electron chi connectivity index (χ1n) is 20.0. The predicted octanol–water partition coefficient (Wildman–Crippen LogP) is 2.93. The zero-order valence-corrected chi connectivity index (χ0v) is 40.2. The van der Waals surface area contributed by atoms with Crippen molar-refractivity contribution < 1.29 is 84.9 Å². The van der Waals surface area contributed by atoms with Gasteiger partial charge in [0.15, 0.2) is 28.4 Å². The second-order valence-electron chi connectivity index (χ2n) is 15.7. The lowest BCUT2D eigenvalue weighted by atomic mass is 9.87. The number of benzene rings is 2. The van der Waals surface area contributed by atoms with E-state index in [1.807, 2.05) is 0 Å². The number of hydrogen-bond acceptors (Lipinski definition) is 20. The van der Waals surface area contributed by atoms with Crippen molar-refractivity contribution >= 4 is 91.8 Å². The Labute approximate surface area is 394 Å². The predicted molar refractivity (Wildman–Crippen MR) is 240 cm³/mol. The normalized spacial score (nSPS) is 20.4. The molecule has 0 radical (unpaired) electrons. The first-order valence-corrected chi connectivity index (χ1v) is 25.9. The number of rotatable bonds is 22. The molecule has 1 saturated heterocycles. The van der Waals surface area contributed by atoms with Gasteiger partial charge in [-0.15, -0.1) is 0 Å². The van der Waals surface area contributed by atoms with Crippen LogP contribution in [-0.4, -0.2) is 128 Å². The summed E-state index contributed by atoms with van der Waals surface area (Å²) in [4.78, 5) is 93.9.